The summed E-state index contributed by atoms with van der Waals surface area (Å²) < 4.78 is 40.1. The first-order valence-corrected chi connectivity index (χ1v) is 10.7. The van der Waals surface area contributed by atoms with Crippen LogP contribution in [0.5, 0.6) is 0 Å². The third-order valence-electron chi connectivity index (χ3n) is 4.76. The summed E-state index contributed by atoms with van der Waals surface area (Å²) in [7, 11) is -1.73. The Hall–Kier alpha value is -2.45. The molecule has 1 aliphatic rings. The number of benzene rings is 2. The molecular formula is C20H24FN3O3S. The van der Waals surface area contributed by atoms with Gasteiger partial charge in [-0.05, 0) is 62.0 Å². The quantitative estimate of drug-likeness (QED) is 0.829. The predicted molar refractivity (Wildman–Crippen MR) is 106 cm³/mol. The molecule has 1 fully saturated rings. The van der Waals surface area contributed by atoms with Crippen molar-refractivity contribution < 1.29 is 17.6 Å². The number of likely N-dealkylation sites (N-methyl/N-ethyl adjacent to an activating group) is 1. The molecule has 3 rings (SSSR count). The van der Waals surface area contributed by atoms with Crippen LogP contribution < -0.4 is 4.72 Å². The summed E-state index contributed by atoms with van der Waals surface area (Å²) >= 11 is 0. The van der Waals surface area contributed by atoms with E-state index in [1.54, 1.807) is 24.3 Å². The first kappa shape index (κ1) is 20.3. The van der Waals surface area contributed by atoms with Gasteiger partial charge in [0.15, 0.2) is 0 Å². The van der Waals surface area contributed by atoms with Crippen molar-refractivity contribution in [2.75, 3.05) is 37.9 Å². The number of nitrogens with zero attached hydrogens (tertiary/aromatic N) is 2. The third-order valence-corrected chi connectivity index (χ3v) is 6.15. The van der Waals surface area contributed by atoms with E-state index in [0.29, 0.717) is 5.69 Å². The van der Waals surface area contributed by atoms with Crippen molar-refractivity contribution in [3.05, 3.63) is 59.9 Å². The van der Waals surface area contributed by atoms with E-state index in [-0.39, 0.29) is 17.2 Å². The number of halogens is 1. The number of hydrogen-bond donors (Lipinski definition) is 1. The molecule has 0 spiro atoms. The van der Waals surface area contributed by atoms with Gasteiger partial charge >= 0.3 is 0 Å². The standard InChI is InChI=1S/C20H24FN3O3S/c1-23-11-2-12-24(14-13-23)20(25)15-16-3-7-18(8-4-16)22-28(26,27)19-9-5-17(21)6-10-19/h3-10,22H,2,11-15H2,1H3. The summed E-state index contributed by atoms with van der Waals surface area (Å²) in [6.07, 6.45) is 1.25. The lowest BCUT2D eigenvalue weighted by Gasteiger charge is -2.20. The van der Waals surface area contributed by atoms with E-state index in [0.717, 1.165) is 50.3 Å². The molecule has 0 aromatic heterocycles. The molecule has 0 atom stereocenters. The molecule has 28 heavy (non-hydrogen) atoms. The van der Waals surface area contributed by atoms with Crippen LogP contribution in [-0.4, -0.2) is 57.4 Å². The van der Waals surface area contributed by atoms with Crippen LogP contribution >= 0.6 is 0 Å². The van der Waals surface area contributed by atoms with Crippen molar-refractivity contribution in [1.29, 1.82) is 0 Å². The zero-order valence-electron chi connectivity index (χ0n) is 15.8. The molecule has 0 unspecified atom stereocenters. The second-order valence-electron chi connectivity index (χ2n) is 6.97. The van der Waals surface area contributed by atoms with Gasteiger partial charge in [0.2, 0.25) is 5.91 Å². The van der Waals surface area contributed by atoms with Crippen LogP contribution in [0.3, 0.4) is 0 Å². The van der Waals surface area contributed by atoms with E-state index < -0.39 is 15.8 Å². The number of anilines is 1. The number of nitrogens with one attached hydrogen (secondary N) is 1. The highest BCUT2D eigenvalue weighted by Gasteiger charge is 2.18. The Kier molecular flexibility index (Phi) is 6.31. The minimum absolute atomic E-state index is 0.0146. The molecule has 2 aromatic rings. The average molecular weight is 405 g/mol. The van der Waals surface area contributed by atoms with Gasteiger partial charge in [-0.15, -0.1) is 0 Å². The molecule has 0 radical (unpaired) electrons. The minimum atomic E-state index is -3.79. The van der Waals surface area contributed by atoms with Gasteiger partial charge in [-0.2, -0.15) is 0 Å². The van der Waals surface area contributed by atoms with Gasteiger partial charge in [-0.1, -0.05) is 12.1 Å². The average Bonchev–Trinajstić information content (AvgIpc) is 2.88. The Balaban J connectivity index is 1.61. The molecule has 1 saturated heterocycles. The molecule has 0 saturated carbocycles. The van der Waals surface area contributed by atoms with E-state index >= 15 is 0 Å². The van der Waals surface area contributed by atoms with Gasteiger partial charge < -0.3 is 9.80 Å². The lowest BCUT2D eigenvalue weighted by atomic mass is 10.1. The Morgan fingerprint density at radius 3 is 2.36 bits per heavy atom. The predicted octanol–water partition coefficient (Wildman–Crippen LogP) is 2.33. The Morgan fingerprint density at radius 2 is 1.68 bits per heavy atom. The van der Waals surface area contributed by atoms with Gasteiger partial charge in [0.25, 0.3) is 10.0 Å². The van der Waals surface area contributed by atoms with Crippen molar-refractivity contribution in [1.82, 2.24) is 9.80 Å². The summed E-state index contributed by atoms with van der Waals surface area (Å²) in [4.78, 5) is 16.6. The Morgan fingerprint density at radius 1 is 1.00 bits per heavy atom. The summed E-state index contributed by atoms with van der Waals surface area (Å²) in [6.45, 7) is 3.35. The highest BCUT2D eigenvalue weighted by Crippen LogP contribution is 2.18. The molecule has 8 heteroatoms. The number of amides is 1. The van der Waals surface area contributed by atoms with Crippen LogP contribution in [0.2, 0.25) is 0 Å². The maximum absolute atomic E-state index is 13.0. The maximum Gasteiger partial charge on any atom is 0.261 e. The SMILES string of the molecule is CN1CCCN(C(=O)Cc2ccc(NS(=O)(=O)c3ccc(F)cc3)cc2)CC1. The molecule has 0 bridgehead atoms. The van der Waals surface area contributed by atoms with Crippen LogP contribution in [0, 0.1) is 5.82 Å². The van der Waals surface area contributed by atoms with E-state index in [9.17, 15) is 17.6 Å². The van der Waals surface area contributed by atoms with Crippen LogP contribution in [0.4, 0.5) is 10.1 Å². The zero-order chi connectivity index (χ0) is 20.1. The fourth-order valence-corrected chi connectivity index (χ4v) is 4.16. The molecule has 1 amide bonds. The minimum Gasteiger partial charge on any atom is -0.341 e. The smallest absolute Gasteiger partial charge is 0.261 e. The summed E-state index contributed by atoms with van der Waals surface area (Å²) in [6, 6.07) is 11.4. The highest BCUT2D eigenvalue weighted by molar-refractivity contribution is 7.92. The van der Waals surface area contributed by atoms with Gasteiger partial charge in [-0.3, -0.25) is 9.52 Å². The Bertz CT molecular complexity index is 915. The highest BCUT2D eigenvalue weighted by atomic mass is 32.2. The summed E-state index contributed by atoms with van der Waals surface area (Å²) in [5, 5.41) is 0. The topological polar surface area (TPSA) is 69.7 Å². The molecule has 1 heterocycles. The molecule has 0 aliphatic carbocycles. The first-order chi connectivity index (χ1) is 13.3. The van der Waals surface area contributed by atoms with Gasteiger partial charge in [0.05, 0.1) is 11.3 Å². The fraction of sp³-hybridized carbons (Fsp3) is 0.350. The zero-order valence-corrected chi connectivity index (χ0v) is 16.6. The second kappa shape index (κ2) is 8.70. The maximum atomic E-state index is 13.0. The largest absolute Gasteiger partial charge is 0.341 e. The molecule has 1 aliphatic heterocycles. The molecule has 150 valence electrons. The molecule has 2 aromatic carbocycles. The van der Waals surface area contributed by atoms with Crippen LogP contribution in [0.25, 0.3) is 0 Å². The van der Waals surface area contributed by atoms with Crippen LogP contribution in [0.1, 0.15) is 12.0 Å². The third kappa shape index (κ3) is 5.30. The first-order valence-electron chi connectivity index (χ1n) is 9.17. The summed E-state index contributed by atoms with van der Waals surface area (Å²) in [5.41, 5.74) is 1.21. The molecule has 6 nitrogen and oxygen atoms in total. The second-order valence-corrected chi connectivity index (χ2v) is 8.65. The van der Waals surface area contributed by atoms with Crippen LogP contribution in [-0.2, 0) is 21.2 Å². The van der Waals surface area contributed by atoms with Crippen molar-refractivity contribution in [3.63, 3.8) is 0 Å². The summed E-state index contributed by atoms with van der Waals surface area (Å²) in [5.74, 6) is -0.418. The Labute approximate surface area is 165 Å². The number of rotatable bonds is 5. The van der Waals surface area contributed by atoms with Gasteiger partial charge in [-0.25, -0.2) is 12.8 Å². The van der Waals surface area contributed by atoms with Gasteiger partial charge in [0, 0.05) is 25.3 Å². The van der Waals surface area contributed by atoms with E-state index in [1.165, 1.54) is 12.1 Å². The van der Waals surface area contributed by atoms with Crippen molar-refractivity contribution in [2.24, 2.45) is 0 Å². The lowest BCUT2D eigenvalue weighted by Crippen LogP contribution is -2.35. The van der Waals surface area contributed by atoms with E-state index in [4.69, 9.17) is 0 Å². The molecular weight excluding hydrogens is 381 g/mol. The lowest BCUT2D eigenvalue weighted by molar-refractivity contribution is -0.130. The van der Waals surface area contributed by atoms with E-state index in [1.807, 2.05) is 4.90 Å². The monoisotopic (exact) mass is 405 g/mol. The number of sulfonamides is 1. The van der Waals surface area contributed by atoms with Crippen molar-refractivity contribution in [3.8, 4) is 0 Å². The number of carbonyl (C=O) groups is 1. The normalized spacial score (nSPS) is 15.9. The van der Waals surface area contributed by atoms with Crippen molar-refractivity contribution in [2.45, 2.75) is 17.7 Å². The molecule has 1 N–H and O–H groups in total. The fourth-order valence-electron chi connectivity index (χ4n) is 3.10. The van der Waals surface area contributed by atoms with Crippen LogP contribution in [0.15, 0.2) is 53.4 Å². The van der Waals surface area contributed by atoms with E-state index in [2.05, 4.69) is 16.7 Å². The number of carbonyl (C=O) groups excluding carboxylic acids is 1. The number of hydrogen-bond acceptors (Lipinski definition) is 4. The van der Waals surface area contributed by atoms with Crippen molar-refractivity contribution >= 4 is 21.6 Å². The van der Waals surface area contributed by atoms with Gasteiger partial charge in [0.1, 0.15) is 5.82 Å².